The average molecular weight is 1060 g/mol. The zero-order valence-corrected chi connectivity index (χ0v) is 46.2. The number of nitrogens with zero attached hydrogens (tertiary/aromatic N) is 5. The summed E-state index contributed by atoms with van der Waals surface area (Å²) in [5.74, 6) is -4.88. The van der Waals surface area contributed by atoms with Crippen molar-refractivity contribution in [2.24, 2.45) is 23.7 Å². The maximum atomic E-state index is 14.9. The number of aliphatic hydroxyl groups is 4. The molecule has 422 valence electrons. The number of ketones is 1. The van der Waals surface area contributed by atoms with Crippen molar-refractivity contribution in [3.8, 4) is 11.1 Å². The highest BCUT2D eigenvalue weighted by Crippen LogP contribution is 2.42. The lowest BCUT2D eigenvalue weighted by atomic mass is 9.74. The van der Waals surface area contributed by atoms with Crippen molar-refractivity contribution in [3.05, 3.63) is 54.2 Å². The number of hydrogen-bond donors (Lipinski definition) is 4. The fraction of sp³-hybridized carbons (Fsp3) is 0.759. The number of methoxy groups -OCH3 is 3. The number of hydrogen-bond acceptors (Lipinski definition) is 19. The summed E-state index contributed by atoms with van der Waals surface area (Å²) in [6, 6.07) is 6.19. The molecule has 21 heteroatoms. The van der Waals surface area contributed by atoms with Crippen molar-refractivity contribution < 1.29 is 76.8 Å². The Labute approximate surface area is 440 Å². The Morgan fingerprint density at radius 3 is 2.19 bits per heavy atom. The minimum atomic E-state index is -2.02. The number of carbonyl (C=O) groups excluding carboxylic acids is 2. The van der Waals surface area contributed by atoms with Gasteiger partial charge in [0.15, 0.2) is 12.6 Å². The number of alkyl halides is 1. The van der Waals surface area contributed by atoms with Gasteiger partial charge < -0.3 is 67.7 Å². The number of aromatic nitrogens is 4. The van der Waals surface area contributed by atoms with Crippen molar-refractivity contribution >= 4 is 11.8 Å². The molecule has 0 radical (unpaired) electrons. The quantitative estimate of drug-likeness (QED) is 0.127. The number of Topliss-reactive ketones (excluding diaryl/α,β-unsaturated/α-hetero) is 1. The van der Waals surface area contributed by atoms with E-state index in [0.29, 0.717) is 25.1 Å². The van der Waals surface area contributed by atoms with E-state index in [1.807, 2.05) is 50.1 Å². The van der Waals surface area contributed by atoms with Crippen molar-refractivity contribution in [2.45, 2.75) is 198 Å². The van der Waals surface area contributed by atoms with Gasteiger partial charge in [-0.2, -0.15) is 0 Å². The summed E-state index contributed by atoms with van der Waals surface area (Å²) in [6.07, 6.45) is -5.46. The van der Waals surface area contributed by atoms with E-state index in [4.69, 9.17) is 42.4 Å². The molecule has 0 spiro atoms. The van der Waals surface area contributed by atoms with Crippen LogP contribution in [0, 0.1) is 23.7 Å². The third-order valence-electron chi connectivity index (χ3n) is 16.6. The lowest BCUT2D eigenvalue weighted by molar-refractivity contribution is -0.319. The summed E-state index contributed by atoms with van der Waals surface area (Å²) in [5.41, 5.74) is -1.43. The van der Waals surface area contributed by atoms with Gasteiger partial charge >= 0.3 is 5.97 Å². The predicted octanol–water partition coefficient (Wildman–Crippen LogP) is 5.20. The van der Waals surface area contributed by atoms with Gasteiger partial charge in [-0.25, -0.2) is 9.07 Å². The van der Waals surface area contributed by atoms with Gasteiger partial charge in [0.2, 0.25) is 0 Å². The fourth-order valence-electron chi connectivity index (χ4n) is 11.6. The first-order chi connectivity index (χ1) is 35.4. The predicted molar refractivity (Wildman–Crippen MR) is 270 cm³/mol. The first-order valence-electron chi connectivity index (χ1n) is 26.3. The molecular formula is C54H84FN5O15. The smallest absolute Gasteiger partial charge is 0.311 e. The van der Waals surface area contributed by atoms with E-state index in [1.165, 1.54) is 39.9 Å². The Morgan fingerprint density at radius 1 is 0.907 bits per heavy atom. The Hall–Kier alpha value is -3.84. The number of likely N-dealkylation sites (N-methyl/N-ethyl adjacent to an activating group) is 1. The SMILES string of the molecule is CC[C@H]1OC(=O)[C@H](C)[C@@H](O[C@H]2C[C@@](C)(OC)[C@@H](O)[C@H](C)O2)[C@H](C)[C@@H](O[C@@H]2O[C@H](C)C[C@H](N(C)CCc3cn([C@H](CF)[C@H](OC)c4ccc(-c5cnoc5)cc4)nn3)[C@H]2O)[C@](C)(OC)C[C@@H](C)C(=O)[C@H](C)[C@@H](O)[C@]1(C)O. The zero-order valence-electron chi connectivity index (χ0n) is 46.2. The lowest BCUT2D eigenvalue weighted by Crippen LogP contribution is -2.61. The third kappa shape index (κ3) is 13.2. The standard InChI is InChI=1S/C54H84FN5O15/c1-15-41-54(10,66)47(63)31(4)43(61)29(2)23-53(9,69-14)49(32(5)45(33(6)50(65)73-41)74-42-24-52(8,68-13)48(64)34(7)72-42)75-51-44(62)39(22-30(3)71-51)59(11)21-20-38-27-60(58-57-38)40(25-55)46(67-12)36-18-16-35(17-19-36)37-26-56-70-28-37/h16-19,26-34,39-42,44-49,51,62-64,66H,15,20-25H2,1-14H3/t29-,30-,31+,32+,33-,34+,39+,40-,41-,42+,44-,45+,46-,47-,48+,49-,51+,52-,53-,54-/m1/s1. The summed E-state index contributed by atoms with van der Waals surface area (Å²) >= 11 is 0. The van der Waals surface area contributed by atoms with Crippen LogP contribution in [0.25, 0.3) is 11.1 Å². The van der Waals surface area contributed by atoms with Crippen LogP contribution >= 0.6 is 0 Å². The van der Waals surface area contributed by atoms with Crippen molar-refractivity contribution in [2.75, 3.05) is 41.6 Å². The van der Waals surface area contributed by atoms with Gasteiger partial charge in [0.1, 0.15) is 54.8 Å². The molecule has 4 N–H and O–H groups in total. The van der Waals surface area contributed by atoms with Crippen molar-refractivity contribution in [1.82, 2.24) is 25.1 Å². The first-order valence-corrected chi connectivity index (χ1v) is 26.3. The Morgan fingerprint density at radius 2 is 1.59 bits per heavy atom. The summed E-state index contributed by atoms with van der Waals surface area (Å²) in [6.45, 7) is 16.5. The molecule has 0 bridgehead atoms. The van der Waals surface area contributed by atoms with Gasteiger partial charge in [0.25, 0.3) is 0 Å². The van der Waals surface area contributed by atoms with Gasteiger partial charge in [0, 0.05) is 76.3 Å². The van der Waals surface area contributed by atoms with Gasteiger partial charge in [-0.3, -0.25) is 9.59 Å². The highest BCUT2D eigenvalue weighted by atomic mass is 19.1. The second-order valence-electron chi connectivity index (χ2n) is 22.0. The number of benzene rings is 1. The fourth-order valence-corrected chi connectivity index (χ4v) is 11.6. The van der Waals surface area contributed by atoms with Crippen LogP contribution in [0.3, 0.4) is 0 Å². The van der Waals surface area contributed by atoms with Gasteiger partial charge in [-0.05, 0) is 79.0 Å². The van der Waals surface area contributed by atoms with Gasteiger partial charge in [-0.1, -0.05) is 62.3 Å². The number of ether oxygens (including phenoxy) is 8. The van der Waals surface area contributed by atoms with Crippen LogP contribution in [0.1, 0.15) is 118 Å². The molecule has 5 heterocycles. The van der Waals surface area contributed by atoms with Crippen LogP contribution in [0.4, 0.5) is 4.39 Å². The van der Waals surface area contributed by atoms with E-state index in [0.717, 1.165) is 16.7 Å². The molecular weight excluding hydrogens is 978 g/mol. The maximum Gasteiger partial charge on any atom is 0.311 e. The summed E-state index contributed by atoms with van der Waals surface area (Å²) in [5, 5.41) is 59.4. The number of esters is 1. The van der Waals surface area contributed by atoms with Crippen LogP contribution in [-0.2, 0) is 53.9 Å². The van der Waals surface area contributed by atoms with E-state index in [2.05, 4.69) is 15.5 Å². The highest BCUT2D eigenvalue weighted by molar-refractivity contribution is 5.83. The van der Waals surface area contributed by atoms with Crippen LogP contribution in [-0.4, -0.2) is 183 Å². The molecule has 3 aromatic rings. The molecule has 20 atom stereocenters. The van der Waals surface area contributed by atoms with Crippen LogP contribution in [0.15, 0.2) is 47.4 Å². The van der Waals surface area contributed by atoms with Crippen LogP contribution in [0.5, 0.6) is 0 Å². The molecule has 75 heavy (non-hydrogen) atoms. The average Bonchev–Trinajstić information content (AvgIpc) is 4.12. The Bertz CT molecular complexity index is 2270. The van der Waals surface area contributed by atoms with Crippen LogP contribution < -0.4 is 0 Å². The zero-order chi connectivity index (χ0) is 55.3. The number of aliphatic hydroxyl groups excluding tert-OH is 3. The van der Waals surface area contributed by atoms with E-state index in [-0.39, 0.29) is 25.0 Å². The lowest BCUT2D eigenvalue weighted by Gasteiger charge is -2.50. The molecule has 20 nitrogen and oxygen atoms in total. The topological polar surface area (TPSA) is 249 Å². The molecule has 3 saturated heterocycles. The summed E-state index contributed by atoms with van der Waals surface area (Å²) < 4.78 is 71.9. The molecule has 0 amide bonds. The van der Waals surface area contributed by atoms with Gasteiger partial charge in [0.05, 0.1) is 59.5 Å². The molecule has 0 unspecified atom stereocenters. The third-order valence-corrected chi connectivity index (χ3v) is 16.6. The minimum absolute atomic E-state index is 0.0389. The minimum Gasteiger partial charge on any atom is -0.459 e. The molecule has 6 rings (SSSR count). The Kier molecular flexibility index (Phi) is 20.4. The number of halogens is 1. The molecule has 1 aromatic carbocycles. The first kappa shape index (κ1) is 60.4. The maximum absolute atomic E-state index is 14.9. The highest BCUT2D eigenvalue weighted by Gasteiger charge is 2.54. The van der Waals surface area contributed by atoms with E-state index in [1.54, 1.807) is 60.2 Å². The molecule has 3 aliphatic rings. The normalized spacial score (nSPS) is 38.5. The van der Waals surface area contributed by atoms with Crippen LogP contribution in [0.2, 0.25) is 0 Å². The van der Waals surface area contributed by atoms with Gasteiger partial charge in [-0.15, -0.1) is 5.10 Å². The molecule has 0 saturated carbocycles. The number of carbonyl (C=O) groups is 2. The van der Waals surface area contributed by atoms with E-state index >= 15 is 0 Å². The van der Waals surface area contributed by atoms with Crippen molar-refractivity contribution in [1.29, 1.82) is 0 Å². The molecule has 3 fully saturated rings. The van der Waals surface area contributed by atoms with E-state index in [9.17, 15) is 34.4 Å². The molecule has 2 aromatic heterocycles. The second-order valence-corrected chi connectivity index (χ2v) is 22.0. The number of cyclic esters (lactones) is 1. The molecule has 0 aliphatic carbocycles. The molecule has 3 aliphatic heterocycles. The summed E-state index contributed by atoms with van der Waals surface area (Å²) in [4.78, 5) is 30.8. The van der Waals surface area contributed by atoms with Crippen molar-refractivity contribution in [3.63, 3.8) is 0 Å². The Balaban J connectivity index is 1.27. The summed E-state index contributed by atoms with van der Waals surface area (Å²) in [7, 11) is 6.37. The second kappa shape index (κ2) is 25.3. The monoisotopic (exact) mass is 1060 g/mol. The largest absolute Gasteiger partial charge is 0.459 e. The van der Waals surface area contributed by atoms with E-state index < -0.39 is 133 Å². The number of rotatable bonds is 17.